The van der Waals surface area contributed by atoms with E-state index in [0.717, 1.165) is 41.5 Å². The molecule has 0 atom stereocenters. The molecule has 0 aliphatic heterocycles. The number of halogens is 1. The highest BCUT2D eigenvalue weighted by atomic mass is 19.1. The van der Waals surface area contributed by atoms with Gasteiger partial charge in [-0.2, -0.15) is 0 Å². The molecule has 0 radical (unpaired) electrons. The van der Waals surface area contributed by atoms with E-state index >= 15 is 0 Å². The molecule has 0 aromatic heterocycles. The second-order valence-corrected chi connectivity index (χ2v) is 7.73. The Kier molecular flexibility index (Phi) is 8.51. The predicted octanol–water partition coefficient (Wildman–Crippen LogP) is 7.78. The first-order chi connectivity index (χ1) is 15.2. The van der Waals surface area contributed by atoms with Crippen LogP contribution >= 0.6 is 0 Å². The molecular weight excluding hydrogens is 379 g/mol. The van der Waals surface area contributed by atoms with Gasteiger partial charge in [0.25, 0.3) is 0 Å². The largest absolute Gasteiger partial charge is 0.206 e. The Morgan fingerprint density at radius 1 is 0.677 bits per heavy atom. The Morgan fingerprint density at radius 2 is 1.35 bits per heavy atom. The van der Waals surface area contributed by atoms with E-state index in [-0.39, 0.29) is 5.82 Å². The summed E-state index contributed by atoms with van der Waals surface area (Å²) >= 11 is 0. The third kappa shape index (κ3) is 6.87. The van der Waals surface area contributed by atoms with E-state index in [0.29, 0.717) is 5.56 Å². The van der Waals surface area contributed by atoms with Crippen LogP contribution in [0.5, 0.6) is 0 Å². The highest BCUT2D eigenvalue weighted by Crippen LogP contribution is 2.23. The Hall–Kier alpha value is -3.29. The molecule has 0 saturated heterocycles. The van der Waals surface area contributed by atoms with Gasteiger partial charge in [-0.1, -0.05) is 80.7 Å². The molecule has 0 fully saturated rings. The zero-order valence-corrected chi connectivity index (χ0v) is 18.5. The molecule has 0 saturated carbocycles. The van der Waals surface area contributed by atoms with Gasteiger partial charge >= 0.3 is 0 Å². The normalized spacial score (nSPS) is 10.0. The lowest BCUT2D eigenvalue weighted by Gasteiger charge is -2.06. The summed E-state index contributed by atoms with van der Waals surface area (Å²) in [5.41, 5.74) is 5.47. The van der Waals surface area contributed by atoms with Gasteiger partial charge < -0.3 is 0 Å². The Labute approximate surface area is 186 Å². The standard InChI is InChI=1S/C30H29F/c1-3-5-7-9-24-11-13-26(14-12-24)17-20-28-21-22-29(23-30(28)31)27-18-15-25(16-19-27)10-8-6-4-2/h11-16,18-19,21-23H,3-6,8,10H2,1-2H3. The topological polar surface area (TPSA) is 0 Å². The van der Waals surface area contributed by atoms with Gasteiger partial charge in [-0.25, -0.2) is 4.39 Å². The summed E-state index contributed by atoms with van der Waals surface area (Å²) in [7, 11) is 0. The maximum atomic E-state index is 14.6. The van der Waals surface area contributed by atoms with E-state index in [2.05, 4.69) is 61.8 Å². The minimum Gasteiger partial charge on any atom is -0.206 e. The lowest BCUT2D eigenvalue weighted by molar-refractivity contribution is 0.625. The van der Waals surface area contributed by atoms with Crippen LogP contribution < -0.4 is 0 Å². The van der Waals surface area contributed by atoms with Crippen molar-refractivity contribution in [2.45, 2.75) is 52.4 Å². The van der Waals surface area contributed by atoms with Gasteiger partial charge in [0.2, 0.25) is 0 Å². The first-order valence-corrected chi connectivity index (χ1v) is 11.2. The van der Waals surface area contributed by atoms with E-state index in [1.807, 2.05) is 30.3 Å². The summed E-state index contributed by atoms with van der Waals surface area (Å²) in [5, 5.41) is 0. The molecule has 0 N–H and O–H groups in total. The number of unbranched alkanes of at least 4 members (excludes halogenated alkanes) is 3. The minimum absolute atomic E-state index is 0.293. The summed E-state index contributed by atoms with van der Waals surface area (Å²) < 4.78 is 14.6. The zero-order valence-electron chi connectivity index (χ0n) is 18.5. The molecule has 0 spiro atoms. The van der Waals surface area contributed by atoms with Crippen LogP contribution in [0.25, 0.3) is 11.1 Å². The van der Waals surface area contributed by atoms with Gasteiger partial charge in [-0.15, -0.1) is 0 Å². The molecule has 156 valence electrons. The van der Waals surface area contributed by atoms with E-state index in [9.17, 15) is 4.39 Å². The maximum Gasteiger partial charge on any atom is 0.139 e. The van der Waals surface area contributed by atoms with Crippen molar-refractivity contribution in [3.05, 3.63) is 94.8 Å². The van der Waals surface area contributed by atoms with Crippen molar-refractivity contribution in [1.82, 2.24) is 0 Å². The van der Waals surface area contributed by atoms with E-state index < -0.39 is 0 Å². The zero-order chi connectivity index (χ0) is 21.9. The average Bonchev–Trinajstić information content (AvgIpc) is 2.80. The van der Waals surface area contributed by atoms with Gasteiger partial charge in [0.15, 0.2) is 0 Å². The molecule has 3 aromatic rings. The fraction of sp³-hybridized carbons (Fsp3) is 0.267. The monoisotopic (exact) mass is 408 g/mol. The molecule has 31 heavy (non-hydrogen) atoms. The molecule has 0 nitrogen and oxygen atoms in total. The number of hydrogen-bond acceptors (Lipinski definition) is 0. The van der Waals surface area contributed by atoms with Crippen molar-refractivity contribution in [1.29, 1.82) is 0 Å². The Balaban J connectivity index is 1.68. The molecule has 0 unspecified atom stereocenters. The first kappa shape index (κ1) is 22.4. The van der Waals surface area contributed by atoms with Crippen molar-refractivity contribution in [2.24, 2.45) is 0 Å². The molecule has 3 aromatic carbocycles. The fourth-order valence-electron chi connectivity index (χ4n) is 3.30. The third-order valence-corrected chi connectivity index (χ3v) is 5.16. The highest BCUT2D eigenvalue weighted by molar-refractivity contribution is 5.65. The van der Waals surface area contributed by atoms with Gasteiger partial charge in [0, 0.05) is 17.5 Å². The van der Waals surface area contributed by atoms with Crippen LogP contribution in [0.15, 0.2) is 66.7 Å². The second kappa shape index (κ2) is 11.8. The lowest BCUT2D eigenvalue weighted by Crippen LogP contribution is -1.88. The number of aryl methyl sites for hydroxylation is 1. The van der Waals surface area contributed by atoms with Crippen LogP contribution in [0.4, 0.5) is 4.39 Å². The summed E-state index contributed by atoms with van der Waals surface area (Å²) in [4.78, 5) is 0. The van der Waals surface area contributed by atoms with Crippen LogP contribution in [-0.2, 0) is 6.42 Å². The van der Waals surface area contributed by atoms with Crippen molar-refractivity contribution in [3.8, 4) is 34.8 Å². The van der Waals surface area contributed by atoms with Gasteiger partial charge in [0.1, 0.15) is 5.82 Å². The Morgan fingerprint density at radius 3 is 2.00 bits per heavy atom. The molecule has 0 heterocycles. The molecule has 3 rings (SSSR count). The summed E-state index contributed by atoms with van der Waals surface area (Å²) in [5.74, 6) is 12.0. The molecule has 0 amide bonds. The van der Waals surface area contributed by atoms with Gasteiger partial charge in [0.05, 0.1) is 5.56 Å². The van der Waals surface area contributed by atoms with Crippen molar-refractivity contribution >= 4 is 0 Å². The lowest BCUT2D eigenvalue weighted by atomic mass is 10.00. The maximum absolute atomic E-state index is 14.6. The second-order valence-electron chi connectivity index (χ2n) is 7.73. The van der Waals surface area contributed by atoms with Crippen molar-refractivity contribution < 1.29 is 4.39 Å². The van der Waals surface area contributed by atoms with Gasteiger partial charge in [-0.3, -0.25) is 0 Å². The molecule has 0 bridgehead atoms. The predicted molar refractivity (Wildman–Crippen MR) is 129 cm³/mol. The highest BCUT2D eigenvalue weighted by Gasteiger charge is 2.04. The van der Waals surface area contributed by atoms with Crippen molar-refractivity contribution in [3.63, 3.8) is 0 Å². The molecule has 0 aliphatic rings. The quantitative estimate of drug-likeness (QED) is 0.288. The van der Waals surface area contributed by atoms with Gasteiger partial charge in [-0.05, 0) is 72.4 Å². The number of rotatable bonds is 6. The van der Waals surface area contributed by atoms with E-state index in [4.69, 9.17) is 0 Å². The first-order valence-electron chi connectivity index (χ1n) is 11.2. The molecule has 1 heteroatoms. The van der Waals surface area contributed by atoms with E-state index in [1.54, 1.807) is 12.1 Å². The fourth-order valence-corrected chi connectivity index (χ4v) is 3.30. The summed E-state index contributed by atoms with van der Waals surface area (Å²) in [6.45, 7) is 4.33. The third-order valence-electron chi connectivity index (χ3n) is 5.16. The SMILES string of the molecule is CCCC#Cc1ccc(C#Cc2ccc(-c3ccc(CCCCC)cc3)cc2F)cc1. The van der Waals surface area contributed by atoms with E-state index in [1.165, 1.54) is 24.8 Å². The number of benzene rings is 3. The Bertz CT molecular complexity index is 1100. The average molecular weight is 409 g/mol. The smallest absolute Gasteiger partial charge is 0.139 e. The van der Waals surface area contributed by atoms with Crippen LogP contribution in [0.3, 0.4) is 0 Å². The molecular formula is C30H29F. The van der Waals surface area contributed by atoms with Crippen LogP contribution in [-0.4, -0.2) is 0 Å². The summed E-state index contributed by atoms with van der Waals surface area (Å²) in [6, 6.07) is 21.5. The van der Waals surface area contributed by atoms with Crippen molar-refractivity contribution in [2.75, 3.05) is 0 Å². The van der Waals surface area contributed by atoms with Crippen LogP contribution in [0.2, 0.25) is 0 Å². The molecule has 0 aliphatic carbocycles. The van der Waals surface area contributed by atoms with Crippen LogP contribution in [0, 0.1) is 29.5 Å². The number of hydrogen-bond donors (Lipinski definition) is 0. The minimum atomic E-state index is -0.293. The van der Waals surface area contributed by atoms with Crippen LogP contribution in [0.1, 0.15) is 68.2 Å². The summed E-state index contributed by atoms with van der Waals surface area (Å²) in [6.07, 6.45) is 6.76.